The fourth-order valence-corrected chi connectivity index (χ4v) is 4.50. The van der Waals surface area contributed by atoms with Gasteiger partial charge in [0.15, 0.2) is 0 Å². The molecule has 1 unspecified atom stereocenters. The number of carbonyl (C=O) groups is 1. The van der Waals surface area contributed by atoms with E-state index in [-0.39, 0.29) is 5.56 Å². The molecule has 2 aromatic heterocycles. The van der Waals surface area contributed by atoms with Crippen molar-refractivity contribution in [2.45, 2.75) is 72.6 Å². The number of aliphatic hydroxyl groups excluding tert-OH is 1. The molecule has 7 heteroatoms. The van der Waals surface area contributed by atoms with Crippen LogP contribution in [-0.2, 0) is 17.7 Å². The van der Waals surface area contributed by atoms with Gasteiger partial charge in [-0.3, -0.25) is 10.1 Å². The summed E-state index contributed by atoms with van der Waals surface area (Å²) in [4.78, 5) is 30.2. The molecule has 0 aliphatic carbocycles. The maximum absolute atomic E-state index is 13.1. The van der Waals surface area contributed by atoms with Crippen LogP contribution in [-0.4, -0.2) is 26.4 Å². The van der Waals surface area contributed by atoms with Gasteiger partial charge in [-0.1, -0.05) is 13.8 Å². The van der Waals surface area contributed by atoms with Crippen molar-refractivity contribution in [3.05, 3.63) is 56.9 Å². The quantitative estimate of drug-likeness (QED) is 0.453. The van der Waals surface area contributed by atoms with Crippen LogP contribution in [0.4, 0.5) is 10.5 Å². The molecule has 0 saturated carbocycles. The third-order valence-electron chi connectivity index (χ3n) is 6.09. The van der Waals surface area contributed by atoms with E-state index in [1.807, 2.05) is 45.9 Å². The molecule has 1 amide bonds. The fraction of sp³-hybridized carbons (Fsp3) is 0.423. The number of nitrogens with one attached hydrogen (secondary N) is 1. The van der Waals surface area contributed by atoms with E-state index in [4.69, 9.17) is 9.72 Å². The van der Waals surface area contributed by atoms with E-state index in [0.717, 1.165) is 39.8 Å². The van der Waals surface area contributed by atoms with Crippen molar-refractivity contribution >= 4 is 22.7 Å². The van der Waals surface area contributed by atoms with Gasteiger partial charge in [0.2, 0.25) is 0 Å². The molecule has 3 heterocycles. The van der Waals surface area contributed by atoms with Gasteiger partial charge in [-0.25, -0.2) is 9.78 Å². The average molecular weight is 450 g/mol. The first-order valence-corrected chi connectivity index (χ1v) is 11.4. The molecular weight excluding hydrogens is 418 g/mol. The Hall–Kier alpha value is -3.19. The monoisotopic (exact) mass is 449 g/mol. The highest BCUT2D eigenvalue weighted by Gasteiger charge is 2.28. The van der Waals surface area contributed by atoms with E-state index in [9.17, 15) is 14.7 Å². The fourth-order valence-electron chi connectivity index (χ4n) is 4.50. The molecule has 1 aliphatic heterocycles. The SMILES string of the molecule is CCc1c2c(nc3ccc(NC(=O)OC(C)(C)C)cc13)-c1cc(C(O)CC)c(C)c(=O)n1C2. The van der Waals surface area contributed by atoms with Gasteiger partial charge in [-0.2, -0.15) is 0 Å². The van der Waals surface area contributed by atoms with E-state index in [1.54, 1.807) is 17.6 Å². The van der Waals surface area contributed by atoms with Gasteiger partial charge in [0.25, 0.3) is 5.56 Å². The van der Waals surface area contributed by atoms with Crippen molar-refractivity contribution in [3.8, 4) is 11.4 Å². The lowest BCUT2D eigenvalue weighted by molar-refractivity contribution is 0.0636. The van der Waals surface area contributed by atoms with Crippen molar-refractivity contribution in [1.29, 1.82) is 0 Å². The number of pyridine rings is 2. The van der Waals surface area contributed by atoms with Gasteiger partial charge in [0, 0.05) is 22.2 Å². The number of benzene rings is 1. The smallest absolute Gasteiger partial charge is 0.412 e. The van der Waals surface area contributed by atoms with E-state index in [1.165, 1.54) is 0 Å². The molecule has 0 bridgehead atoms. The molecular formula is C26H31N3O4. The molecule has 33 heavy (non-hydrogen) atoms. The molecule has 2 N–H and O–H groups in total. The summed E-state index contributed by atoms with van der Waals surface area (Å²) in [6.07, 6.45) is 0.101. The summed E-state index contributed by atoms with van der Waals surface area (Å²) in [5.74, 6) is 0. The van der Waals surface area contributed by atoms with E-state index in [2.05, 4.69) is 12.2 Å². The van der Waals surface area contributed by atoms with Gasteiger partial charge in [-0.05, 0) is 75.9 Å². The van der Waals surface area contributed by atoms with Gasteiger partial charge >= 0.3 is 6.09 Å². The zero-order valence-corrected chi connectivity index (χ0v) is 20.1. The summed E-state index contributed by atoms with van der Waals surface area (Å²) >= 11 is 0. The minimum atomic E-state index is -0.680. The number of carbonyl (C=O) groups excluding carboxylic acids is 1. The summed E-state index contributed by atoms with van der Waals surface area (Å²) in [7, 11) is 0. The number of hydrogen-bond acceptors (Lipinski definition) is 5. The van der Waals surface area contributed by atoms with Crippen molar-refractivity contribution in [2.24, 2.45) is 0 Å². The maximum Gasteiger partial charge on any atom is 0.412 e. The van der Waals surface area contributed by atoms with Crippen molar-refractivity contribution in [3.63, 3.8) is 0 Å². The largest absolute Gasteiger partial charge is 0.444 e. The number of hydrogen-bond donors (Lipinski definition) is 2. The predicted molar refractivity (Wildman–Crippen MR) is 130 cm³/mol. The van der Waals surface area contributed by atoms with Crippen LogP contribution >= 0.6 is 0 Å². The lowest BCUT2D eigenvalue weighted by Gasteiger charge is -2.20. The molecule has 3 aromatic rings. The molecule has 0 saturated heterocycles. The zero-order valence-electron chi connectivity index (χ0n) is 20.1. The molecule has 0 spiro atoms. The highest BCUT2D eigenvalue weighted by molar-refractivity contribution is 5.93. The average Bonchev–Trinajstić information content (AvgIpc) is 3.11. The third kappa shape index (κ3) is 4.13. The number of aryl methyl sites for hydroxylation is 1. The lowest BCUT2D eigenvalue weighted by atomic mass is 9.97. The lowest BCUT2D eigenvalue weighted by Crippen LogP contribution is -2.27. The first-order valence-electron chi connectivity index (χ1n) is 11.4. The molecule has 7 nitrogen and oxygen atoms in total. The Kier molecular flexibility index (Phi) is 5.78. The highest BCUT2D eigenvalue weighted by atomic mass is 16.6. The topological polar surface area (TPSA) is 93.5 Å². The molecule has 0 radical (unpaired) electrons. The Morgan fingerprint density at radius 3 is 2.64 bits per heavy atom. The second-order valence-electron chi connectivity index (χ2n) is 9.56. The van der Waals surface area contributed by atoms with Crippen LogP contribution < -0.4 is 10.9 Å². The Morgan fingerprint density at radius 1 is 1.27 bits per heavy atom. The number of rotatable bonds is 4. The standard InChI is InChI=1S/C26H31N3O4/c1-7-16-18-11-15(27-25(32)33-26(4,5)6)9-10-20(18)28-23-19(16)13-29-21(23)12-17(22(30)8-2)14(3)24(29)31/h9-12,22,30H,7-8,13H2,1-6H3,(H,27,32). The van der Waals surface area contributed by atoms with Crippen LogP contribution in [0.25, 0.3) is 22.3 Å². The molecule has 0 fully saturated rings. The maximum atomic E-state index is 13.1. The van der Waals surface area contributed by atoms with Crippen LogP contribution in [0.3, 0.4) is 0 Å². The summed E-state index contributed by atoms with van der Waals surface area (Å²) in [5.41, 5.74) is 5.63. The summed E-state index contributed by atoms with van der Waals surface area (Å²) in [5, 5.41) is 14.2. The van der Waals surface area contributed by atoms with E-state index in [0.29, 0.717) is 29.8 Å². The Morgan fingerprint density at radius 2 is 2.00 bits per heavy atom. The Bertz CT molecular complexity index is 1320. The summed E-state index contributed by atoms with van der Waals surface area (Å²) in [6, 6.07) is 7.49. The van der Waals surface area contributed by atoms with Crippen LogP contribution in [0.15, 0.2) is 29.1 Å². The number of amides is 1. The Balaban J connectivity index is 1.83. The summed E-state index contributed by atoms with van der Waals surface area (Å²) in [6.45, 7) is 11.7. The second kappa shape index (κ2) is 8.30. The minimum absolute atomic E-state index is 0.0913. The number of anilines is 1. The first kappa shape index (κ1) is 23.0. The molecule has 174 valence electrons. The number of aromatic nitrogens is 2. The first-order chi connectivity index (χ1) is 15.5. The number of ether oxygens (including phenoxy) is 1. The molecule has 1 atom stereocenters. The van der Waals surface area contributed by atoms with Gasteiger partial charge in [0.1, 0.15) is 5.60 Å². The summed E-state index contributed by atoms with van der Waals surface area (Å²) < 4.78 is 7.11. The zero-order chi connectivity index (χ0) is 24.1. The molecule has 1 aliphatic rings. The molecule has 4 rings (SSSR count). The van der Waals surface area contributed by atoms with Gasteiger partial charge in [-0.15, -0.1) is 0 Å². The van der Waals surface area contributed by atoms with E-state index < -0.39 is 17.8 Å². The van der Waals surface area contributed by atoms with Gasteiger partial charge < -0.3 is 14.4 Å². The number of fused-ring (bicyclic) bond motifs is 4. The van der Waals surface area contributed by atoms with Crippen molar-refractivity contribution in [1.82, 2.24) is 9.55 Å². The third-order valence-corrected chi connectivity index (χ3v) is 6.09. The number of aliphatic hydroxyl groups is 1. The minimum Gasteiger partial charge on any atom is -0.444 e. The second-order valence-corrected chi connectivity index (χ2v) is 9.56. The van der Waals surface area contributed by atoms with Crippen LogP contribution in [0, 0.1) is 6.92 Å². The highest BCUT2D eigenvalue weighted by Crippen LogP contribution is 2.37. The predicted octanol–water partition coefficient (Wildman–Crippen LogP) is 5.09. The van der Waals surface area contributed by atoms with Crippen LogP contribution in [0.5, 0.6) is 0 Å². The van der Waals surface area contributed by atoms with Crippen molar-refractivity contribution in [2.75, 3.05) is 5.32 Å². The Labute approximate surface area is 193 Å². The van der Waals surface area contributed by atoms with Crippen LogP contribution in [0.1, 0.15) is 69.4 Å². The number of nitrogens with zero attached hydrogens (tertiary/aromatic N) is 2. The molecule has 1 aromatic carbocycles. The van der Waals surface area contributed by atoms with Crippen molar-refractivity contribution < 1.29 is 14.6 Å². The normalized spacial score (nSPS) is 13.5. The van der Waals surface area contributed by atoms with Gasteiger partial charge in [0.05, 0.1) is 29.6 Å². The van der Waals surface area contributed by atoms with Crippen LogP contribution in [0.2, 0.25) is 0 Å². The van der Waals surface area contributed by atoms with E-state index >= 15 is 0 Å².